The summed E-state index contributed by atoms with van der Waals surface area (Å²) in [7, 11) is 0. The molecule has 2 fully saturated rings. The molecule has 1 nitrogen and oxygen atoms in total. The molecule has 2 saturated carbocycles. The van der Waals surface area contributed by atoms with E-state index in [-0.39, 0.29) is 0 Å². The van der Waals surface area contributed by atoms with E-state index < -0.39 is 0 Å². The van der Waals surface area contributed by atoms with Crippen LogP contribution in [-0.2, 0) is 0 Å². The van der Waals surface area contributed by atoms with Crippen molar-refractivity contribution in [2.45, 2.75) is 78.3 Å². The Bertz CT molecular complexity index is 232. The lowest BCUT2D eigenvalue weighted by Crippen LogP contribution is -2.37. The molecule has 3 unspecified atom stereocenters. The first-order valence-corrected chi connectivity index (χ1v) is 7.23. The predicted octanol–water partition coefficient (Wildman–Crippen LogP) is 3.98. The summed E-state index contributed by atoms with van der Waals surface area (Å²) in [5.41, 5.74) is 0.588. The van der Waals surface area contributed by atoms with Crippen molar-refractivity contribution in [1.29, 1.82) is 0 Å². The standard InChI is InChI=1S/C15H29N/c1-11(2)8-12-6-5-7-13(9-12)16-14-10-15(14,3)4/h11-14,16H,5-10H2,1-4H3. The average Bonchev–Trinajstić information content (AvgIpc) is 2.72. The molecule has 0 heterocycles. The average molecular weight is 223 g/mol. The summed E-state index contributed by atoms with van der Waals surface area (Å²) in [6.07, 6.45) is 8.60. The summed E-state index contributed by atoms with van der Waals surface area (Å²) in [5, 5.41) is 3.89. The highest BCUT2D eigenvalue weighted by molar-refractivity contribution is 5.03. The summed E-state index contributed by atoms with van der Waals surface area (Å²) >= 11 is 0. The Hall–Kier alpha value is -0.0400. The molecule has 0 aliphatic heterocycles. The van der Waals surface area contributed by atoms with Gasteiger partial charge in [0.1, 0.15) is 0 Å². The van der Waals surface area contributed by atoms with Crippen LogP contribution < -0.4 is 5.32 Å². The Labute approximate surface area is 101 Å². The van der Waals surface area contributed by atoms with Gasteiger partial charge in [-0.15, -0.1) is 0 Å². The van der Waals surface area contributed by atoms with Crippen LogP contribution >= 0.6 is 0 Å². The zero-order chi connectivity index (χ0) is 11.8. The van der Waals surface area contributed by atoms with E-state index in [1.165, 1.54) is 38.5 Å². The number of rotatable bonds is 4. The highest BCUT2D eigenvalue weighted by Crippen LogP contribution is 2.45. The fraction of sp³-hybridized carbons (Fsp3) is 1.00. The van der Waals surface area contributed by atoms with Gasteiger partial charge in [-0.3, -0.25) is 0 Å². The van der Waals surface area contributed by atoms with E-state index >= 15 is 0 Å². The molecule has 0 bridgehead atoms. The van der Waals surface area contributed by atoms with Crippen LogP contribution in [0.4, 0.5) is 0 Å². The molecule has 16 heavy (non-hydrogen) atoms. The third kappa shape index (κ3) is 3.23. The van der Waals surface area contributed by atoms with Crippen LogP contribution in [0.15, 0.2) is 0 Å². The first-order chi connectivity index (χ1) is 7.47. The minimum absolute atomic E-state index is 0.588. The van der Waals surface area contributed by atoms with Crippen molar-refractivity contribution in [1.82, 2.24) is 5.32 Å². The van der Waals surface area contributed by atoms with Crippen LogP contribution in [0, 0.1) is 17.3 Å². The van der Waals surface area contributed by atoms with Crippen LogP contribution in [0.2, 0.25) is 0 Å². The van der Waals surface area contributed by atoms with Crippen molar-refractivity contribution in [3.05, 3.63) is 0 Å². The SMILES string of the molecule is CC(C)CC1CCCC(NC2CC2(C)C)C1. The summed E-state index contributed by atoms with van der Waals surface area (Å²) in [5.74, 6) is 1.87. The topological polar surface area (TPSA) is 12.0 Å². The zero-order valence-corrected chi connectivity index (χ0v) is 11.6. The van der Waals surface area contributed by atoms with Gasteiger partial charge in [-0.25, -0.2) is 0 Å². The van der Waals surface area contributed by atoms with Crippen LogP contribution in [0.5, 0.6) is 0 Å². The molecule has 0 spiro atoms. The summed E-state index contributed by atoms with van der Waals surface area (Å²) in [6, 6.07) is 1.64. The van der Waals surface area contributed by atoms with Gasteiger partial charge in [0.15, 0.2) is 0 Å². The molecular formula is C15H29N. The molecule has 2 aliphatic carbocycles. The Morgan fingerprint density at radius 1 is 1.25 bits per heavy atom. The third-order valence-electron chi connectivity index (χ3n) is 4.54. The summed E-state index contributed by atoms with van der Waals surface area (Å²) in [4.78, 5) is 0. The van der Waals surface area contributed by atoms with Gasteiger partial charge in [-0.05, 0) is 42.9 Å². The predicted molar refractivity (Wildman–Crippen MR) is 70.5 cm³/mol. The molecule has 3 atom stereocenters. The van der Waals surface area contributed by atoms with Gasteiger partial charge in [-0.2, -0.15) is 0 Å². The monoisotopic (exact) mass is 223 g/mol. The van der Waals surface area contributed by atoms with Crippen molar-refractivity contribution in [3.63, 3.8) is 0 Å². The maximum absolute atomic E-state index is 3.89. The normalized spacial score (nSPS) is 37.7. The number of nitrogens with one attached hydrogen (secondary N) is 1. The van der Waals surface area contributed by atoms with Crippen LogP contribution in [-0.4, -0.2) is 12.1 Å². The Morgan fingerprint density at radius 3 is 2.50 bits per heavy atom. The lowest BCUT2D eigenvalue weighted by atomic mass is 9.81. The van der Waals surface area contributed by atoms with Crippen LogP contribution in [0.1, 0.15) is 66.2 Å². The Morgan fingerprint density at radius 2 is 1.94 bits per heavy atom. The van der Waals surface area contributed by atoms with Gasteiger partial charge in [0.25, 0.3) is 0 Å². The molecule has 94 valence electrons. The number of hydrogen-bond acceptors (Lipinski definition) is 1. The van der Waals surface area contributed by atoms with Crippen molar-refractivity contribution in [2.24, 2.45) is 17.3 Å². The lowest BCUT2D eigenvalue weighted by Gasteiger charge is -2.31. The van der Waals surface area contributed by atoms with E-state index in [1.54, 1.807) is 0 Å². The lowest BCUT2D eigenvalue weighted by molar-refractivity contribution is 0.247. The van der Waals surface area contributed by atoms with Crippen molar-refractivity contribution in [2.75, 3.05) is 0 Å². The third-order valence-corrected chi connectivity index (χ3v) is 4.54. The minimum Gasteiger partial charge on any atom is -0.311 e. The molecule has 0 saturated heterocycles. The second kappa shape index (κ2) is 4.68. The maximum atomic E-state index is 3.89. The molecule has 1 heteroatoms. The molecule has 0 amide bonds. The summed E-state index contributed by atoms with van der Waals surface area (Å²) < 4.78 is 0. The fourth-order valence-corrected chi connectivity index (χ4v) is 3.36. The second-order valence-corrected chi connectivity index (χ2v) is 7.27. The molecule has 0 aromatic carbocycles. The zero-order valence-electron chi connectivity index (χ0n) is 11.6. The first kappa shape index (κ1) is 12.4. The highest BCUT2D eigenvalue weighted by Gasteiger charge is 2.46. The van der Waals surface area contributed by atoms with E-state index in [4.69, 9.17) is 0 Å². The maximum Gasteiger partial charge on any atom is 0.0127 e. The largest absolute Gasteiger partial charge is 0.311 e. The van der Waals surface area contributed by atoms with Crippen molar-refractivity contribution in [3.8, 4) is 0 Å². The molecule has 0 radical (unpaired) electrons. The first-order valence-electron chi connectivity index (χ1n) is 7.23. The van der Waals surface area contributed by atoms with Gasteiger partial charge in [-0.1, -0.05) is 40.5 Å². The van der Waals surface area contributed by atoms with Crippen LogP contribution in [0.3, 0.4) is 0 Å². The molecule has 1 N–H and O–H groups in total. The molecular weight excluding hydrogens is 194 g/mol. The van der Waals surface area contributed by atoms with Crippen molar-refractivity contribution >= 4 is 0 Å². The highest BCUT2D eigenvalue weighted by atomic mass is 15.0. The van der Waals surface area contributed by atoms with E-state index in [1.807, 2.05) is 0 Å². The second-order valence-electron chi connectivity index (χ2n) is 7.27. The van der Waals surface area contributed by atoms with E-state index in [0.717, 1.165) is 23.9 Å². The number of hydrogen-bond donors (Lipinski definition) is 1. The molecule has 2 aliphatic rings. The molecule has 0 aromatic rings. The van der Waals surface area contributed by atoms with E-state index in [9.17, 15) is 0 Å². The van der Waals surface area contributed by atoms with Crippen LogP contribution in [0.25, 0.3) is 0 Å². The molecule has 0 aromatic heterocycles. The Balaban J connectivity index is 1.74. The Kier molecular flexibility index (Phi) is 3.63. The van der Waals surface area contributed by atoms with E-state index in [2.05, 4.69) is 33.0 Å². The van der Waals surface area contributed by atoms with Gasteiger partial charge in [0.05, 0.1) is 0 Å². The van der Waals surface area contributed by atoms with Gasteiger partial charge in [0, 0.05) is 12.1 Å². The smallest absolute Gasteiger partial charge is 0.0127 e. The fourth-order valence-electron chi connectivity index (χ4n) is 3.36. The minimum atomic E-state index is 0.588. The van der Waals surface area contributed by atoms with Gasteiger partial charge < -0.3 is 5.32 Å². The van der Waals surface area contributed by atoms with Crippen molar-refractivity contribution < 1.29 is 0 Å². The van der Waals surface area contributed by atoms with Gasteiger partial charge in [0.2, 0.25) is 0 Å². The van der Waals surface area contributed by atoms with Gasteiger partial charge >= 0.3 is 0 Å². The quantitative estimate of drug-likeness (QED) is 0.760. The summed E-state index contributed by atoms with van der Waals surface area (Å²) in [6.45, 7) is 9.50. The molecule has 2 rings (SSSR count). The van der Waals surface area contributed by atoms with E-state index in [0.29, 0.717) is 5.41 Å².